The Kier molecular flexibility index (Phi) is 3.73. The number of hydrogen-bond acceptors (Lipinski definition) is 4. The highest BCUT2D eigenvalue weighted by Gasteiger charge is 2.21. The van der Waals surface area contributed by atoms with Gasteiger partial charge in [0.25, 0.3) is 5.56 Å². The maximum Gasteiger partial charge on any atom is 0.387 e. The first-order chi connectivity index (χ1) is 11.5. The van der Waals surface area contributed by atoms with Crippen molar-refractivity contribution in [3.63, 3.8) is 0 Å². The van der Waals surface area contributed by atoms with Crippen molar-refractivity contribution < 1.29 is 13.5 Å². The van der Waals surface area contributed by atoms with Crippen LogP contribution in [0.4, 0.5) is 8.78 Å². The Labute approximate surface area is 144 Å². The van der Waals surface area contributed by atoms with E-state index in [9.17, 15) is 13.6 Å². The van der Waals surface area contributed by atoms with Crippen molar-refractivity contribution in [2.45, 2.75) is 25.9 Å². The van der Waals surface area contributed by atoms with Gasteiger partial charge in [0.1, 0.15) is 10.6 Å². The first kappa shape index (κ1) is 15.5. The highest BCUT2D eigenvalue weighted by Crippen LogP contribution is 2.34. The van der Waals surface area contributed by atoms with E-state index in [1.807, 2.05) is 0 Å². The van der Waals surface area contributed by atoms with Gasteiger partial charge in [0.2, 0.25) is 0 Å². The lowest BCUT2D eigenvalue weighted by Gasteiger charge is -2.09. The summed E-state index contributed by atoms with van der Waals surface area (Å²) >= 11 is 6.91. The normalized spacial score (nSPS) is 13.6. The number of aryl methyl sites for hydroxylation is 2. The lowest BCUT2D eigenvalue weighted by Crippen LogP contribution is -2.20. The number of aromatic nitrogens is 2. The molecular formula is C16H12F2N2O2S2. The number of halogens is 2. The summed E-state index contributed by atoms with van der Waals surface area (Å²) in [5, 5.41) is 0.689. The van der Waals surface area contributed by atoms with E-state index in [0.717, 1.165) is 29.7 Å². The van der Waals surface area contributed by atoms with Gasteiger partial charge in [0.15, 0.2) is 4.77 Å². The minimum atomic E-state index is -2.88. The summed E-state index contributed by atoms with van der Waals surface area (Å²) in [4.78, 5) is 18.1. The zero-order valence-corrected chi connectivity index (χ0v) is 14.0. The molecular weight excluding hydrogens is 354 g/mol. The third-order valence-corrected chi connectivity index (χ3v) is 5.57. The fourth-order valence-electron chi connectivity index (χ4n) is 3.09. The Hall–Kier alpha value is -2.06. The van der Waals surface area contributed by atoms with Crippen LogP contribution in [0.25, 0.3) is 15.9 Å². The number of hydrogen-bond donors (Lipinski definition) is 1. The second-order valence-electron chi connectivity index (χ2n) is 5.50. The van der Waals surface area contributed by atoms with Crippen molar-refractivity contribution in [1.29, 1.82) is 0 Å². The summed E-state index contributed by atoms with van der Waals surface area (Å²) in [6, 6.07) is 5.87. The molecule has 1 aliphatic rings. The van der Waals surface area contributed by atoms with Crippen LogP contribution in [0.5, 0.6) is 5.75 Å². The lowest BCUT2D eigenvalue weighted by atomic mass is 10.2. The maximum atomic E-state index is 13.0. The van der Waals surface area contributed by atoms with Crippen molar-refractivity contribution in [2.24, 2.45) is 0 Å². The van der Waals surface area contributed by atoms with Crippen LogP contribution in [0, 0.1) is 4.77 Å². The molecule has 24 heavy (non-hydrogen) atoms. The standard InChI is InChI=1S/C16H12F2N2O2S2/c17-15(18)22-9-6-4-8(5-7-9)20-14(21)12-10-2-1-3-11(10)24-13(12)19-16(20)23/h4-7,15H,1-3H2,(H,19,23). The van der Waals surface area contributed by atoms with Crippen molar-refractivity contribution in [2.75, 3.05) is 0 Å². The Morgan fingerprint density at radius 3 is 2.71 bits per heavy atom. The average Bonchev–Trinajstić information content (AvgIpc) is 3.08. The Balaban J connectivity index is 1.87. The average molecular weight is 366 g/mol. The van der Waals surface area contributed by atoms with E-state index in [4.69, 9.17) is 12.2 Å². The molecule has 1 aromatic carbocycles. The summed E-state index contributed by atoms with van der Waals surface area (Å²) < 4.78 is 30.5. The highest BCUT2D eigenvalue weighted by atomic mass is 32.1. The largest absolute Gasteiger partial charge is 0.435 e. The van der Waals surface area contributed by atoms with E-state index < -0.39 is 6.61 Å². The summed E-state index contributed by atoms with van der Waals surface area (Å²) in [6.07, 6.45) is 2.95. The van der Waals surface area contributed by atoms with Gasteiger partial charge in [0, 0.05) is 4.88 Å². The smallest absolute Gasteiger partial charge is 0.387 e. The SMILES string of the molecule is O=c1c2c3c(sc2[nH]c(=S)n1-c1ccc(OC(F)F)cc1)CCC3. The van der Waals surface area contributed by atoms with Crippen LogP contribution in [0.15, 0.2) is 29.1 Å². The van der Waals surface area contributed by atoms with Crippen molar-refractivity contribution >= 4 is 33.8 Å². The molecule has 3 aromatic rings. The molecule has 1 N–H and O–H groups in total. The zero-order valence-electron chi connectivity index (χ0n) is 12.3. The fraction of sp³-hybridized carbons (Fsp3) is 0.250. The highest BCUT2D eigenvalue weighted by molar-refractivity contribution is 7.71. The minimum Gasteiger partial charge on any atom is -0.435 e. The quantitative estimate of drug-likeness (QED) is 0.707. The van der Waals surface area contributed by atoms with Crippen LogP contribution in [0.1, 0.15) is 16.9 Å². The molecule has 4 rings (SSSR count). The Morgan fingerprint density at radius 1 is 1.25 bits per heavy atom. The molecule has 0 atom stereocenters. The van der Waals surface area contributed by atoms with E-state index in [1.54, 1.807) is 23.5 Å². The fourth-order valence-corrected chi connectivity index (χ4v) is 4.72. The summed E-state index contributed by atoms with van der Waals surface area (Å²) in [5.74, 6) is 0.0363. The maximum absolute atomic E-state index is 13.0. The predicted octanol–water partition coefficient (Wildman–Crippen LogP) is 4.20. The van der Waals surface area contributed by atoms with E-state index in [-0.39, 0.29) is 16.1 Å². The van der Waals surface area contributed by atoms with Crippen molar-refractivity contribution in [1.82, 2.24) is 9.55 Å². The number of nitrogens with zero attached hydrogens (tertiary/aromatic N) is 1. The third-order valence-electron chi connectivity index (χ3n) is 4.08. The molecule has 2 heterocycles. The zero-order chi connectivity index (χ0) is 16.8. The molecule has 8 heteroatoms. The molecule has 124 valence electrons. The number of rotatable bonds is 3. The molecule has 0 fully saturated rings. The van der Waals surface area contributed by atoms with Crippen LogP contribution in [0.2, 0.25) is 0 Å². The summed E-state index contributed by atoms with van der Waals surface area (Å²) in [6.45, 7) is -2.88. The van der Waals surface area contributed by atoms with E-state index in [2.05, 4.69) is 9.72 Å². The van der Waals surface area contributed by atoms with Gasteiger partial charge in [-0.1, -0.05) is 0 Å². The summed E-state index contributed by atoms with van der Waals surface area (Å²) in [7, 11) is 0. The molecule has 0 aliphatic heterocycles. The molecule has 2 aromatic heterocycles. The number of aromatic amines is 1. The van der Waals surface area contributed by atoms with Gasteiger partial charge < -0.3 is 9.72 Å². The van der Waals surface area contributed by atoms with E-state index >= 15 is 0 Å². The van der Waals surface area contributed by atoms with Crippen LogP contribution in [0.3, 0.4) is 0 Å². The first-order valence-electron chi connectivity index (χ1n) is 7.39. The van der Waals surface area contributed by atoms with Crippen LogP contribution in [-0.2, 0) is 12.8 Å². The number of fused-ring (bicyclic) bond motifs is 3. The number of nitrogens with one attached hydrogen (secondary N) is 1. The molecule has 0 radical (unpaired) electrons. The predicted molar refractivity (Wildman–Crippen MR) is 91.3 cm³/mol. The minimum absolute atomic E-state index is 0.0363. The van der Waals surface area contributed by atoms with Gasteiger partial charge in [0.05, 0.1) is 11.1 Å². The van der Waals surface area contributed by atoms with Crippen LogP contribution >= 0.6 is 23.6 Å². The van der Waals surface area contributed by atoms with Crippen molar-refractivity contribution in [3.05, 3.63) is 49.8 Å². The molecule has 0 bridgehead atoms. The Morgan fingerprint density at radius 2 is 2.00 bits per heavy atom. The molecule has 0 amide bonds. The second-order valence-corrected chi connectivity index (χ2v) is 7.00. The van der Waals surface area contributed by atoms with E-state index in [0.29, 0.717) is 11.1 Å². The number of benzene rings is 1. The van der Waals surface area contributed by atoms with Crippen LogP contribution < -0.4 is 10.3 Å². The molecule has 0 saturated carbocycles. The van der Waals surface area contributed by atoms with E-state index in [1.165, 1.54) is 21.6 Å². The van der Waals surface area contributed by atoms with Gasteiger partial charge >= 0.3 is 6.61 Å². The summed E-state index contributed by atoms with van der Waals surface area (Å²) in [5.41, 5.74) is 1.45. The molecule has 1 aliphatic carbocycles. The molecule has 0 saturated heterocycles. The van der Waals surface area contributed by atoms with Gasteiger partial charge in [-0.25, -0.2) is 0 Å². The number of ether oxygens (including phenoxy) is 1. The number of alkyl halides is 2. The molecule has 0 unspecified atom stereocenters. The monoisotopic (exact) mass is 366 g/mol. The van der Waals surface area contributed by atoms with Crippen molar-refractivity contribution in [3.8, 4) is 11.4 Å². The van der Waals surface area contributed by atoms with Crippen LogP contribution in [-0.4, -0.2) is 16.2 Å². The van der Waals surface area contributed by atoms with Gasteiger partial charge in [-0.2, -0.15) is 8.78 Å². The Bertz CT molecular complexity index is 1040. The second kappa shape index (κ2) is 5.78. The third kappa shape index (κ3) is 2.46. The van der Waals surface area contributed by atoms with Gasteiger partial charge in [-0.3, -0.25) is 9.36 Å². The van der Waals surface area contributed by atoms with Gasteiger partial charge in [-0.15, -0.1) is 11.3 Å². The number of H-pyrrole nitrogens is 1. The molecule has 0 spiro atoms. The molecule has 4 nitrogen and oxygen atoms in total. The van der Waals surface area contributed by atoms with Gasteiger partial charge in [-0.05, 0) is 61.3 Å². The first-order valence-corrected chi connectivity index (χ1v) is 8.62. The lowest BCUT2D eigenvalue weighted by molar-refractivity contribution is -0.0498. The number of thiophene rings is 1. The topological polar surface area (TPSA) is 47.0 Å².